The Morgan fingerprint density at radius 3 is 1.80 bits per heavy atom. The Morgan fingerprint density at radius 1 is 0.900 bits per heavy atom. The quantitative estimate of drug-likeness (QED) is 0.643. The molecule has 0 amide bonds. The third-order valence-corrected chi connectivity index (χ3v) is 2.39. The maximum absolute atomic E-state index is 8.92. The van der Waals surface area contributed by atoms with Crippen molar-refractivity contribution >= 4 is 0 Å². The number of aliphatic hydroxyl groups is 2. The van der Waals surface area contributed by atoms with Crippen LogP contribution in [0, 0.1) is 5.92 Å². The molecule has 0 saturated carbocycles. The molecule has 0 rings (SSSR count). The maximum atomic E-state index is 8.92. The Balaban J connectivity index is 0. The van der Waals surface area contributed by atoms with Crippen molar-refractivity contribution in [3.8, 4) is 0 Å². The van der Waals surface area contributed by atoms with E-state index in [2.05, 4.69) is 13.8 Å². The summed E-state index contributed by atoms with van der Waals surface area (Å²) in [6.45, 7) is 11.4. The average molecular weight is 294 g/mol. The van der Waals surface area contributed by atoms with E-state index in [-0.39, 0.29) is 18.8 Å². The van der Waals surface area contributed by atoms with Crippen molar-refractivity contribution in [1.82, 2.24) is 0 Å². The number of methoxy groups -OCH3 is 1. The van der Waals surface area contributed by atoms with E-state index >= 15 is 0 Å². The smallest absolute Gasteiger partial charge is 0.0781 e. The predicted molar refractivity (Wildman–Crippen MR) is 80.9 cm³/mol. The number of hydrogen-bond acceptors (Lipinski definition) is 5. The molecule has 0 aliphatic carbocycles. The van der Waals surface area contributed by atoms with Crippen molar-refractivity contribution in [3.05, 3.63) is 0 Å². The number of rotatable bonds is 10. The summed E-state index contributed by atoms with van der Waals surface area (Å²) in [5.74, 6) is 0.778. The first-order valence-corrected chi connectivity index (χ1v) is 7.34. The normalized spacial score (nSPS) is 15.4. The Labute approximate surface area is 124 Å². The predicted octanol–water partition coefficient (Wildman–Crippen LogP) is 1.85. The van der Waals surface area contributed by atoms with Crippen molar-refractivity contribution in [3.63, 3.8) is 0 Å². The van der Waals surface area contributed by atoms with Crippen LogP contribution in [-0.4, -0.2) is 62.1 Å². The van der Waals surface area contributed by atoms with E-state index in [4.69, 9.17) is 24.4 Å². The van der Waals surface area contributed by atoms with Gasteiger partial charge in [0.25, 0.3) is 0 Å². The van der Waals surface area contributed by atoms with Gasteiger partial charge in [-0.3, -0.25) is 0 Å². The fourth-order valence-corrected chi connectivity index (χ4v) is 1.06. The van der Waals surface area contributed by atoms with Gasteiger partial charge in [-0.05, 0) is 33.1 Å². The second-order valence-corrected chi connectivity index (χ2v) is 5.49. The second kappa shape index (κ2) is 15.2. The zero-order valence-electron chi connectivity index (χ0n) is 14.0. The Hall–Kier alpha value is -0.200. The van der Waals surface area contributed by atoms with Crippen molar-refractivity contribution in [1.29, 1.82) is 0 Å². The zero-order valence-corrected chi connectivity index (χ0v) is 14.0. The van der Waals surface area contributed by atoms with E-state index in [1.54, 1.807) is 21.0 Å². The summed E-state index contributed by atoms with van der Waals surface area (Å²) < 4.78 is 15.3. The molecule has 0 fully saturated rings. The molecule has 0 heterocycles. The first kappa shape index (κ1) is 22.1. The minimum absolute atomic E-state index is 0.0170. The zero-order chi connectivity index (χ0) is 16.0. The van der Waals surface area contributed by atoms with E-state index in [9.17, 15) is 0 Å². The van der Waals surface area contributed by atoms with Gasteiger partial charge in [0.05, 0.1) is 38.1 Å². The Bertz CT molecular complexity index is 185. The standard InChI is InChI=1S/C9H20O4.C6H14O/c1-7(11)5-12-9(3)6-13-8(2)4-10;1-6(2)4-5-7-3/h7-11H,4-6H2,1-3H3;6H,4-5H2,1-3H3. The summed E-state index contributed by atoms with van der Waals surface area (Å²) in [6, 6.07) is 0. The molecule has 0 radical (unpaired) electrons. The van der Waals surface area contributed by atoms with Crippen LogP contribution in [0.5, 0.6) is 0 Å². The second-order valence-electron chi connectivity index (χ2n) is 5.49. The molecule has 0 spiro atoms. The Kier molecular flexibility index (Phi) is 16.8. The first-order chi connectivity index (χ1) is 9.33. The van der Waals surface area contributed by atoms with Crippen molar-refractivity contribution < 1.29 is 24.4 Å². The molecule has 2 N–H and O–H groups in total. The SMILES string of the molecule is CC(O)COC(C)COC(C)CO.COCCC(C)C. The fourth-order valence-electron chi connectivity index (χ4n) is 1.06. The highest BCUT2D eigenvalue weighted by Gasteiger charge is 2.06. The third kappa shape index (κ3) is 20.1. The lowest BCUT2D eigenvalue weighted by molar-refractivity contribution is -0.0620. The fraction of sp³-hybridized carbons (Fsp3) is 1.00. The molecule has 0 saturated heterocycles. The van der Waals surface area contributed by atoms with Crippen molar-refractivity contribution in [2.45, 2.75) is 59.4 Å². The van der Waals surface area contributed by atoms with Crippen LogP contribution in [0.4, 0.5) is 0 Å². The van der Waals surface area contributed by atoms with Gasteiger partial charge in [0, 0.05) is 13.7 Å². The first-order valence-electron chi connectivity index (χ1n) is 7.34. The summed E-state index contributed by atoms with van der Waals surface area (Å²) in [7, 11) is 1.74. The Morgan fingerprint density at radius 2 is 1.45 bits per heavy atom. The minimum atomic E-state index is -0.447. The number of ether oxygens (including phenoxy) is 3. The van der Waals surface area contributed by atoms with Crippen molar-refractivity contribution in [2.75, 3.05) is 33.5 Å². The van der Waals surface area contributed by atoms with Gasteiger partial charge >= 0.3 is 0 Å². The summed E-state index contributed by atoms with van der Waals surface area (Å²) in [4.78, 5) is 0. The molecule has 20 heavy (non-hydrogen) atoms. The van der Waals surface area contributed by atoms with Gasteiger partial charge in [0.15, 0.2) is 0 Å². The van der Waals surface area contributed by atoms with Crippen LogP contribution in [0.25, 0.3) is 0 Å². The minimum Gasteiger partial charge on any atom is -0.394 e. The third-order valence-electron chi connectivity index (χ3n) is 2.39. The number of aliphatic hydroxyl groups excluding tert-OH is 2. The molecular formula is C15H34O5. The number of hydrogen-bond donors (Lipinski definition) is 2. The van der Waals surface area contributed by atoms with Crippen LogP contribution in [-0.2, 0) is 14.2 Å². The van der Waals surface area contributed by atoms with Gasteiger partial charge in [-0.25, -0.2) is 0 Å². The molecule has 124 valence electrons. The highest BCUT2D eigenvalue weighted by atomic mass is 16.5. The summed E-state index contributed by atoms with van der Waals surface area (Å²) in [6.07, 6.45) is 0.523. The average Bonchev–Trinajstić information content (AvgIpc) is 2.40. The van der Waals surface area contributed by atoms with E-state index in [1.165, 1.54) is 6.42 Å². The molecule has 3 atom stereocenters. The van der Waals surface area contributed by atoms with Crippen molar-refractivity contribution in [2.24, 2.45) is 5.92 Å². The molecule has 0 aromatic heterocycles. The topological polar surface area (TPSA) is 68.2 Å². The molecule has 0 aliphatic rings. The van der Waals surface area contributed by atoms with Gasteiger partial charge < -0.3 is 24.4 Å². The van der Waals surface area contributed by atoms with E-state index < -0.39 is 6.10 Å². The van der Waals surface area contributed by atoms with Crippen LogP contribution in [0.15, 0.2) is 0 Å². The molecular weight excluding hydrogens is 260 g/mol. The van der Waals surface area contributed by atoms with Crippen LogP contribution in [0.2, 0.25) is 0 Å². The van der Waals surface area contributed by atoms with Gasteiger partial charge in [-0.15, -0.1) is 0 Å². The summed E-state index contributed by atoms with van der Waals surface area (Å²) in [5.41, 5.74) is 0. The van der Waals surface area contributed by atoms with Gasteiger partial charge in [-0.2, -0.15) is 0 Å². The van der Waals surface area contributed by atoms with E-state index in [0.29, 0.717) is 13.2 Å². The maximum Gasteiger partial charge on any atom is 0.0781 e. The lowest BCUT2D eigenvalue weighted by Gasteiger charge is -2.16. The molecule has 5 heteroatoms. The molecule has 3 unspecified atom stereocenters. The highest BCUT2D eigenvalue weighted by Crippen LogP contribution is 1.97. The lowest BCUT2D eigenvalue weighted by Crippen LogP contribution is -2.24. The molecule has 5 nitrogen and oxygen atoms in total. The molecule has 0 bridgehead atoms. The largest absolute Gasteiger partial charge is 0.394 e. The van der Waals surface area contributed by atoms with Crippen LogP contribution < -0.4 is 0 Å². The van der Waals surface area contributed by atoms with Crippen LogP contribution in [0.1, 0.15) is 41.0 Å². The van der Waals surface area contributed by atoms with Gasteiger partial charge in [-0.1, -0.05) is 13.8 Å². The monoisotopic (exact) mass is 294 g/mol. The van der Waals surface area contributed by atoms with Crippen LogP contribution >= 0.6 is 0 Å². The van der Waals surface area contributed by atoms with E-state index in [1.807, 2.05) is 6.92 Å². The van der Waals surface area contributed by atoms with Gasteiger partial charge in [0.2, 0.25) is 0 Å². The molecule has 0 aromatic rings. The lowest BCUT2D eigenvalue weighted by atomic mass is 10.1. The summed E-state index contributed by atoms with van der Waals surface area (Å²) in [5, 5.41) is 17.6. The highest BCUT2D eigenvalue weighted by molar-refractivity contribution is 4.52. The summed E-state index contributed by atoms with van der Waals surface area (Å²) >= 11 is 0. The van der Waals surface area contributed by atoms with Gasteiger partial charge in [0.1, 0.15) is 0 Å². The molecule has 0 aromatic carbocycles. The molecule has 0 aliphatic heterocycles. The van der Waals surface area contributed by atoms with E-state index in [0.717, 1.165) is 12.5 Å². The van der Waals surface area contributed by atoms with Crippen LogP contribution in [0.3, 0.4) is 0 Å².